The van der Waals surface area contributed by atoms with Crippen molar-refractivity contribution in [3.63, 3.8) is 0 Å². The molecule has 26 heavy (non-hydrogen) atoms. The Labute approximate surface area is 156 Å². The molecule has 2 aromatic rings. The third kappa shape index (κ3) is 3.12. The molecule has 1 amide bonds. The number of amides is 1. The number of carbonyl (C=O) groups excluding carboxylic acids is 1. The van der Waals surface area contributed by atoms with Crippen molar-refractivity contribution in [1.29, 1.82) is 0 Å². The van der Waals surface area contributed by atoms with Crippen molar-refractivity contribution in [2.24, 2.45) is 5.73 Å². The lowest BCUT2D eigenvalue weighted by Crippen LogP contribution is -2.33. The van der Waals surface area contributed by atoms with Gasteiger partial charge in [-0.2, -0.15) is 5.10 Å². The number of nitrogens with zero attached hydrogens (tertiary/aromatic N) is 2. The van der Waals surface area contributed by atoms with Gasteiger partial charge < -0.3 is 5.73 Å². The molecule has 2 N–H and O–H groups in total. The van der Waals surface area contributed by atoms with Crippen molar-refractivity contribution in [2.45, 2.75) is 17.3 Å². The average molecular weight is 402 g/mol. The Morgan fingerprint density at radius 1 is 1.38 bits per heavy atom. The Kier molecular flexibility index (Phi) is 4.86. The topological polar surface area (TPSA) is 60.9 Å². The van der Waals surface area contributed by atoms with Gasteiger partial charge in [-0.25, -0.2) is 13.2 Å². The average Bonchev–Trinajstić information content (AvgIpc) is 3.00. The first-order valence-corrected chi connectivity index (χ1v) is 8.16. The smallest absolute Gasteiger partial charge is 0.280 e. The minimum atomic E-state index is -3.04. The molecule has 4 nitrogen and oxygen atoms in total. The molecule has 3 rings (SSSR count). The van der Waals surface area contributed by atoms with Crippen LogP contribution in [-0.2, 0) is 4.87 Å². The number of hydrogen-bond acceptors (Lipinski definition) is 2. The summed E-state index contributed by atoms with van der Waals surface area (Å²) in [6.45, 7) is 0. The Hall–Kier alpha value is -2.25. The molecular formula is C17H12Cl2F3N3O. The maximum Gasteiger partial charge on any atom is 0.280 e. The van der Waals surface area contributed by atoms with E-state index in [1.165, 1.54) is 12.1 Å². The predicted molar refractivity (Wildman–Crippen MR) is 92.1 cm³/mol. The quantitative estimate of drug-likeness (QED) is 0.756. The molecule has 0 saturated heterocycles. The van der Waals surface area contributed by atoms with Gasteiger partial charge in [0.2, 0.25) is 0 Å². The molecule has 1 aliphatic rings. The van der Waals surface area contributed by atoms with E-state index in [0.717, 1.165) is 23.0 Å². The first-order chi connectivity index (χ1) is 12.2. The first kappa shape index (κ1) is 18.5. The highest BCUT2D eigenvalue weighted by Gasteiger charge is 2.42. The van der Waals surface area contributed by atoms with Gasteiger partial charge in [0.05, 0.1) is 17.8 Å². The predicted octanol–water partition coefficient (Wildman–Crippen LogP) is 4.67. The lowest BCUT2D eigenvalue weighted by Gasteiger charge is -2.34. The van der Waals surface area contributed by atoms with Crippen LogP contribution >= 0.6 is 23.2 Å². The van der Waals surface area contributed by atoms with Gasteiger partial charge in [0.15, 0.2) is 0 Å². The monoisotopic (exact) mass is 401 g/mol. The van der Waals surface area contributed by atoms with Crippen molar-refractivity contribution in [1.82, 2.24) is 9.78 Å². The highest BCUT2D eigenvalue weighted by atomic mass is 35.5. The van der Waals surface area contributed by atoms with Gasteiger partial charge in [-0.15, -0.1) is 11.6 Å². The number of benzene rings is 1. The fourth-order valence-corrected chi connectivity index (χ4v) is 3.48. The molecule has 0 saturated carbocycles. The van der Waals surface area contributed by atoms with Crippen molar-refractivity contribution < 1.29 is 18.0 Å². The molecule has 2 unspecified atom stereocenters. The standard InChI is InChI=1S/C17H12Cl2F3N3O/c18-10-3-1-2-9(6-10)17(19)7-11(20)4-5-13(17)25-14(15(21)22)12(8-24-25)16(23)26/h1-8,13,15H,(H2,23,26). The van der Waals surface area contributed by atoms with Gasteiger partial charge in [-0.1, -0.05) is 29.8 Å². The number of rotatable bonds is 4. The van der Waals surface area contributed by atoms with E-state index in [4.69, 9.17) is 28.9 Å². The minimum Gasteiger partial charge on any atom is -0.365 e. The lowest BCUT2D eigenvalue weighted by molar-refractivity contribution is 0.0979. The molecule has 0 spiro atoms. The van der Waals surface area contributed by atoms with Gasteiger partial charge in [0.1, 0.15) is 16.4 Å². The summed E-state index contributed by atoms with van der Waals surface area (Å²) in [4.78, 5) is 9.86. The summed E-state index contributed by atoms with van der Waals surface area (Å²) in [7, 11) is 0. The van der Waals surface area contributed by atoms with E-state index >= 15 is 0 Å². The van der Waals surface area contributed by atoms with Crippen LogP contribution in [0.1, 0.15) is 34.1 Å². The van der Waals surface area contributed by atoms with E-state index in [2.05, 4.69) is 5.10 Å². The number of aromatic nitrogens is 2. The zero-order valence-electron chi connectivity index (χ0n) is 13.0. The molecule has 1 aromatic heterocycles. The Morgan fingerprint density at radius 3 is 2.73 bits per heavy atom. The molecule has 1 aromatic carbocycles. The van der Waals surface area contributed by atoms with Crippen LogP contribution in [0, 0.1) is 0 Å². The van der Waals surface area contributed by atoms with Crippen LogP contribution in [0.4, 0.5) is 13.2 Å². The first-order valence-electron chi connectivity index (χ1n) is 7.41. The van der Waals surface area contributed by atoms with Crippen LogP contribution in [-0.4, -0.2) is 15.7 Å². The normalized spacial score (nSPS) is 22.5. The van der Waals surface area contributed by atoms with Gasteiger partial charge in [0.25, 0.3) is 12.3 Å². The van der Waals surface area contributed by atoms with E-state index in [0.29, 0.717) is 10.6 Å². The van der Waals surface area contributed by atoms with Crippen LogP contribution in [0.5, 0.6) is 0 Å². The molecule has 1 aliphatic carbocycles. The molecule has 0 radical (unpaired) electrons. The third-order valence-electron chi connectivity index (χ3n) is 4.05. The second-order valence-electron chi connectivity index (χ2n) is 5.66. The fraction of sp³-hybridized carbons (Fsp3) is 0.176. The lowest BCUT2D eigenvalue weighted by atomic mass is 9.86. The summed E-state index contributed by atoms with van der Waals surface area (Å²) in [5.74, 6) is -1.69. The zero-order valence-corrected chi connectivity index (χ0v) is 14.6. The summed E-state index contributed by atoms with van der Waals surface area (Å²) >= 11 is 12.7. The molecular weight excluding hydrogens is 390 g/mol. The van der Waals surface area contributed by atoms with E-state index in [1.807, 2.05) is 0 Å². The Morgan fingerprint density at radius 2 is 2.12 bits per heavy atom. The molecule has 136 valence electrons. The number of hydrogen-bond donors (Lipinski definition) is 1. The van der Waals surface area contributed by atoms with Crippen LogP contribution in [0.2, 0.25) is 5.02 Å². The summed E-state index contributed by atoms with van der Waals surface area (Å²) in [6.07, 6.45) is 1.39. The summed E-state index contributed by atoms with van der Waals surface area (Å²) in [5, 5.41) is 4.21. The molecule has 0 aliphatic heterocycles. The number of halogens is 5. The molecule has 9 heteroatoms. The second-order valence-corrected chi connectivity index (χ2v) is 6.73. The molecule has 0 bridgehead atoms. The maximum atomic E-state index is 14.0. The van der Waals surface area contributed by atoms with E-state index in [9.17, 15) is 18.0 Å². The van der Waals surface area contributed by atoms with Gasteiger partial charge in [-0.05, 0) is 29.8 Å². The molecule has 0 fully saturated rings. The van der Waals surface area contributed by atoms with Crippen LogP contribution in [0.3, 0.4) is 0 Å². The fourth-order valence-electron chi connectivity index (χ4n) is 2.90. The number of carbonyl (C=O) groups is 1. The van der Waals surface area contributed by atoms with Crippen LogP contribution in [0.25, 0.3) is 0 Å². The minimum absolute atomic E-state index is 0.344. The number of primary amides is 1. The molecule has 1 heterocycles. The third-order valence-corrected chi connectivity index (χ3v) is 4.84. The van der Waals surface area contributed by atoms with Crippen molar-refractivity contribution in [3.05, 3.63) is 76.4 Å². The van der Waals surface area contributed by atoms with Gasteiger partial charge >= 0.3 is 0 Å². The zero-order chi connectivity index (χ0) is 19.1. The maximum absolute atomic E-state index is 14.0. The van der Waals surface area contributed by atoms with E-state index in [1.54, 1.807) is 18.2 Å². The number of alkyl halides is 3. The van der Waals surface area contributed by atoms with Crippen molar-refractivity contribution in [2.75, 3.05) is 0 Å². The summed E-state index contributed by atoms with van der Waals surface area (Å²) in [6, 6.07) is 5.26. The van der Waals surface area contributed by atoms with E-state index < -0.39 is 40.3 Å². The van der Waals surface area contributed by atoms with Gasteiger partial charge in [0, 0.05) is 5.02 Å². The summed E-state index contributed by atoms with van der Waals surface area (Å²) < 4.78 is 42.0. The summed E-state index contributed by atoms with van der Waals surface area (Å²) in [5.41, 5.74) is 4.42. The Balaban J connectivity index is 2.20. The van der Waals surface area contributed by atoms with Gasteiger partial charge in [-0.3, -0.25) is 9.48 Å². The van der Waals surface area contributed by atoms with Crippen LogP contribution in [0.15, 0.2) is 54.5 Å². The van der Waals surface area contributed by atoms with E-state index in [-0.39, 0.29) is 0 Å². The highest BCUT2D eigenvalue weighted by molar-refractivity contribution is 6.31. The van der Waals surface area contributed by atoms with Crippen LogP contribution < -0.4 is 5.73 Å². The van der Waals surface area contributed by atoms with Crippen molar-refractivity contribution >= 4 is 29.1 Å². The largest absolute Gasteiger partial charge is 0.365 e. The SMILES string of the molecule is NC(=O)c1cnn(C2C=CC(F)=CC2(Cl)c2cccc(Cl)c2)c1C(F)F. The number of nitrogens with two attached hydrogens (primary N) is 1. The van der Waals surface area contributed by atoms with Crippen molar-refractivity contribution in [3.8, 4) is 0 Å². The Bertz CT molecular complexity index is 926. The molecule has 2 atom stereocenters. The number of allylic oxidation sites excluding steroid dienone is 4. The highest BCUT2D eigenvalue weighted by Crippen LogP contribution is 2.47. The second kappa shape index (κ2) is 6.81.